The Bertz CT molecular complexity index is 1740. The van der Waals surface area contributed by atoms with Crippen molar-refractivity contribution in [1.82, 2.24) is 14.6 Å². The Labute approximate surface area is 227 Å². The number of aromatic amines is 1. The van der Waals surface area contributed by atoms with E-state index in [1.807, 2.05) is 0 Å². The summed E-state index contributed by atoms with van der Waals surface area (Å²) in [6, 6.07) is 13.8. The molecule has 9 nitrogen and oxygen atoms in total. The van der Waals surface area contributed by atoms with E-state index in [-0.39, 0.29) is 33.8 Å². The van der Waals surface area contributed by atoms with E-state index in [1.54, 1.807) is 30.3 Å². The summed E-state index contributed by atoms with van der Waals surface area (Å²) in [5, 5.41) is 5.52. The van der Waals surface area contributed by atoms with Crippen LogP contribution in [0.15, 0.2) is 59.4 Å². The summed E-state index contributed by atoms with van der Waals surface area (Å²) in [6.45, 7) is 1.39. The number of rotatable bonds is 6. The fourth-order valence-corrected chi connectivity index (χ4v) is 6.61. The summed E-state index contributed by atoms with van der Waals surface area (Å²) >= 11 is 0. The Hall–Kier alpha value is -4.13. The number of amides is 1. The monoisotopic (exact) mass is 573 g/mol. The minimum absolute atomic E-state index is 0.0149. The van der Waals surface area contributed by atoms with Gasteiger partial charge in [-0.2, -0.15) is 22.8 Å². The molecule has 1 fully saturated rings. The molecule has 2 aromatic heterocycles. The van der Waals surface area contributed by atoms with Crippen molar-refractivity contribution in [2.75, 3.05) is 10.0 Å². The molecule has 2 heterocycles. The zero-order valence-electron chi connectivity index (χ0n) is 21.4. The second-order valence-corrected chi connectivity index (χ2v) is 11.6. The second kappa shape index (κ2) is 10.5. The summed E-state index contributed by atoms with van der Waals surface area (Å²) in [5.74, 6) is -0.935. The molecule has 0 aliphatic heterocycles. The van der Waals surface area contributed by atoms with Gasteiger partial charge in [-0.05, 0) is 37.5 Å². The molecule has 0 unspecified atom stereocenters. The van der Waals surface area contributed by atoms with Crippen molar-refractivity contribution in [3.63, 3.8) is 0 Å². The molecular weight excluding hydrogens is 547 g/mol. The first kappa shape index (κ1) is 27.4. The van der Waals surface area contributed by atoms with Crippen LogP contribution in [-0.2, 0) is 16.2 Å². The van der Waals surface area contributed by atoms with E-state index < -0.39 is 44.2 Å². The first-order valence-electron chi connectivity index (χ1n) is 12.7. The maximum absolute atomic E-state index is 13.9. The Morgan fingerprint density at radius 2 is 1.62 bits per heavy atom. The lowest BCUT2D eigenvalue weighted by Gasteiger charge is -2.23. The summed E-state index contributed by atoms with van der Waals surface area (Å²) in [4.78, 5) is 29.4. The van der Waals surface area contributed by atoms with E-state index in [2.05, 4.69) is 20.1 Å². The number of alkyl halides is 3. The number of aromatic nitrogens is 3. The molecule has 13 heteroatoms. The molecule has 2 aromatic carbocycles. The van der Waals surface area contributed by atoms with Crippen LogP contribution in [0.4, 0.5) is 24.5 Å². The molecule has 4 aromatic rings. The van der Waals surface area contributed by atoms with E-state index in [9.17, 15) is 31.2 Å². The maximum Gasteiger partial charge on any atom is 0.435 e. The number of aryl methyl sites for hydroxylation is 1. The Morgan fingerprint density at radius 3 is 2.27 bits per heavy atom. The quantitative estimate of drug-likeness (QED) is 0.287. The highest BCUT2D eigenvalue weighted by Gasteiger charge is 2.39. The van der Waals surface area contributed by atoms with Gasteiger partial charge < -0.3 is 10.3 Å². The zero-order chi connectivity index (χ0) is 28.7. The number of hydrogen-bond acceptors (Lipinski definition) is 5. The van der Waals surface area contributed by atoms with Crippen molar-refractivity contribution < 1.29 is 26.4 Å². The molecule has 210 valence electrons. The number of sulfonamides is 1. The number of hydrogen-bond donors (Lipinski definition) is 3. The molecule has 40 heavy (non-hydrogen) atoms. The number of halogens is 3. The summed E-state index contributed by atoms with van der Waals surface area (Å²) in [6.07, 6.45) is -1.21. The molecule has 3 N–H and O–H groups in total. The molecule has 0 saturated heterocycles. The second-order valence-electron chi connectivity index (χ2n) is 9.68. The van der Waals surface area contributed by atoms with Crippen LogP contribution in [0.2, 0.25) is 0 Å². The lowest BCUT2D eigenvalue weighted by molar-refractivity contribution is -0.140. The third-order valence-corrected chi connectivity index (χ3v) is 8.80. The fraction of sp³-hybridized carbons (Fsp3) is 0.296. The number of carbonyl (C=O) groups excluding carboxylic acids is 1. The zero-order valence-corrected chi connectivity index (χ0v) is 22.2. The molecule has 1 aliphatic rings. The van der Waals surface area contributed by atoms with E-state index in [4.69, 9.17) is 0 Å². The SMILES string of the molecule is Cc1[nH]c2c(-c3ccccc3)c(C(F)(F)F)nn2c(=O)c1C(=O)Nc1ccccc1NS(=O)(=O)C1CCCCC1. The lowest BCUT2D eigenvalue weighted by Crippen LogP contribution is -2.31. The number of nitrogens with zero attached hydrogens (tertiary/aromatic N) is 2. The van der Waals surface area contributed by atoms with E-state index in [0.717, 1.165) is 19.3 Å². The average Bonchev–Trinajstić information content (AvgIpc) is 3.31. The highest BCUT2D eigenvalue weighted by Crippen LogP contribution is 2.38. The number of nitrogens with one attached hydrogen (secondary N) is 3. The molecule has 0 atom stereocenters. The molecule has 0 radical (unpaired) electrons. The summed E-state index contributed by atoms with van der Waals surface area (Å²) in [5.41, 5.74) is -2.91. The van der Waals surface area contributed by atoms with Crippen molar-refractivity contribution in [3.05, 3.63) is 81.9 Å². The Kier molecular flexibility index (Phi) is 7.17. The van der Waals surface area contributed by atoms with Crippen LogP contribution in [-0.4, -0.2) is 34.2 Å². The van der Waals surface area contributed by atoms with Gasteiger partial charge in [-0.25, -0.2) is 8.42 Å². The summed E-state index contributed by atoms with van der Waals surface area (Å²) in [7, 11) is -3.74. The highest BCUT2D eigenvalue weighted by atomic mass is 32.2. The van der Waals surface area contributed by atoms with Gasteiger partial charge in [0.05, 0.1) is 22.2 Å². The minimum Gasteiger partial charge on any atom is -0.342 e. The Morgan fingerprint density at radius 1 is 1.00 bits per heavy atom. The smallest absolute Gasteiger partial charge is 0.342 e. The summed E-state index contributed by atoms with van der Waals surface area (Å²) < 4.78 is 70.8. The van der Waals surface area contributed by atoms with Crippen molar-refractivity contribution in [3.8, 4) is 11.1 Å². The van der Waals surface area contributed by atoms with Crippen LogP contribution in [0.1, 0.15) is 53.8 Å². The molecule has 5 rings (SSSR count). The number of H-pyrrole nitrogens is 1. The average molecular weight is 574 g/mol. The maximum atomic E-state index is 13.9. The highest BCUT2D eigenvalue weighted by molar-refractivity contribution is 7.93. The van der Waals surface area contributed by atoms with Crippen LogP contribution in [0, 0.1) is 6.92 Å². The van der Waals surface area contributed by atoms with Crippen LogP contribution >= 0.6 is 0 Å². The molecule has 1 aliphatic carbocycles. The molecule has 0 bridgehead atoms. The van der Waals surface area contributed by atoms with Gasteiger partial charge in [0.2, 0.25) is 10.0 Å². The number of carbonyl (C=O) groups is 1. The number of fused-ring (bicyclic) bond motifs is 1. The lowest BCUT2D eigenvalue weighted by atomic mass is 10.0. The predicted octanol–water partition coefficient (Wildman–Crippen LogP) is 5.34. The first-order valence-corrected chi connectivity index (χ1v) is 14.2. The molecule has 0 spiro atoms. The molecule has 1 saturated carbocycles. The van der Waals surface area contributed by atoms with Crippen molar-refractivity contribution in [1.29, 1.82) is 0 Å². The largest absolute Gasteiger partial charge is 0.435 e. The van der Waals surface area contributed by atoms with Gasteiger partial charge in [0.1, 0.15) is 11.2 Å². The van der Waals surface area contributed by atoms with Gasteiger partial charge in [0, 0.05) is 5.69 Å². The third-order valence-electron chi connectivity index (χ3n) is 6.95. The number of para-hydroxylation sites is 2. The standard InChI is InChI=1S/C27H26F3N5O4S/c1-16-21(25(36)32-19-14-8-9-15-20(19)34-40(38,39)18-12-6-3-7-13-18)26(37)35-24(31-16)22(17-10-4-2-5-11-17)23(33-35)27(28,29)30/h2,4-5,8-11,14-15,18,31,34H,3,6-7,12-13H2,1H3,(H,32,36). The molecule has 1 amide bonds. The van der Waals surface area contributed by atoms with Gasteiger partial charge in [-0.3, -0.25) is 14.3 Å². The van der Waals surface area contributed by atoms with Crippen molar-refractivity contribution >= 4 is 33.0 Å². The third kappa shape index (κ3) is 5.20. The van der Waals surface area contributed by atoms with E-state index in [0.29, 0.717) is 17.4 Å². The number of benzene rings is 2. The normalized spacial score (nSPS) is 14.8. The van der Waals surface area contributed by atoms with Gasteiger partial charge in [-0.1, -0.05) is 61.7 Å². The topological polar surface area (TPSA) is 125 Å². The van der Waals surface area contributed by atoms with Gasteiger partial charge in [0.15, 0.2) is 5.69 Å². The van der Waals surface area contributed by atoms with E-state index in [1.165, 1.54) is 31.2 Å². The van der Waals surface area contributed by atoms with Gasteiger partial charge >= 0.3 is 6.18 Å². The first-order chi connectivity index (χ1) is 19.0. The number of anilines is 2. The fourth-order valence-electron chi connectivity index (χ4n) is 5.01. The molecular formula is C27H26F3N5O4S. The Balaban J connectivity index is 1.53. The van der Waals surface area contributed by atoms with Crippen molar-refractivity contribution in [2.45, 2.75) is 50.5 Å². The van der Waals surface area contributed by atoms with Crippen LogP contribution in [0.25, 0.3) is 16.8 Å². The minimum atomic E-state index is -4.87. The van der Waals surface area contributed by atoms with Crippen LogP contribution in [0.3, 0.4) is 0 Å². The van der Waals surface area contributed by atoms with Gasteiger partial charge in [0.25, 0.3) is 11.5 Å². The van der Waals surface area contributed by atoms with Gasteiger partial charge in [-0.15, -0.1) is 0 Å². The van der Waals surface area contributed by atoms with Crippen LogP contribution in [0.5, 0.6) is 0 Å². The van der Waals surface area contributed by atoms with E-state index >= 15 is 0 Å². The van der Waals surface area contributed by atoms with Crippen molar-refractivity contribution in [2.24, 2.45) is 0 Å². The van der Waals surface area contributed by atoms with Crippen LogP contribution < -0.4 is 15.6 Å². The predicted molar refractivity (Wildman–Crippen MR) is 145 cm³/mol.